The minimum Gasteiger partial charge on any atom is -0.368 e. The van der Waals surface area contributed by atoms with Crippen LogP contribution in [0.5, 0.6) is 0 Å². The molecular weight excluding hydrogens is 508 g/mol. The van der Waals surface area contributed by atoms with Gasteiger partial charge in [0.2, 0.25) is 5.91 Å². The number of aromatic nitrogens is 1. The summed E-state index contributed by atoms with van der Waals surface area (Å²) in [6.45, 7) is 7.69. The molecule has 3 atom stereocenters. The van der Waals surface area contributed by atoms with E-state index in [1.54, 1.807) is 0 Å². The Hall–Kier alpha value is -2.31. The number of likely N-dealkylation sites (N-methyl/N-ethyl adjacent to an activating group) is 1. The van der Waals surface area contributed by atoms with Gasteiger partial charge < -0.3 is 20.1 Å². The largest absolute Gasteiger partial charge is 0.368 e. The third-order valence-electron chi connectivity index (χ3n) is 9.13. The fourth-order valence-electron chi connectivity index (χ4n) is 6.70. The molecule has 1 aromatic carbocycles. The first kappa shape index (κ1) is 28.2. The number of nitrogens with zero attached hydrogens (tertiary/aromatic N) is 2. The van der Waals surface area contributed by atoms with Gasteiger partial charge in [0.05, 0.1) is 12.1 Å². The molecule has 3 aliphatic rings. The predicted octanol–water partition coefficient (Wildman–Crippen LogP) is 6.32. The molecule has 0 bridgehead atoms. The van der Waals surface area contributed by atoms with Gasteiger partial charge in [0.15, 0.2) is 5.78 Å². The lowest BCUT2D eigenvalue weighted by Crippen LogP contribution is -2.52. The van der Waals surface area contributed by atoms with Crippen molar-refractivity contribution in [2.75, 3.05) is 13.6 Å². The lowest BCUT2D eigenvalue weighted by molar-refractivity contribution is -0.123. The minimum atomic E-state index is -0.217. The van der Waals surface area contributed by atoms with Crippen LogP contribution < -0.4 is 10.6 Å². The SMILES string of the molecule is CN[C@@H](C)C(=O)N[C@H](C(=C1CC1)N1CCC[C@H]1Cn1cc(C(=O)C(C)C)c2cc(Cl)ccc21)C1CCCCC1. The van der Waals surface area contributed by atoms with Crippen LogP contribution in [0.1, 0.15) is 88.9 Å². The molecule has 0 radical (unpaired) electrons. The lowest BCUT2D eigenvalue weighted by atomic mass is 9.81. The summed E-state index contributed by atoms with van der Waals surface area (Å²) < 4.78 is 2.27. The Morgan fingerprint density at radius 3 is 2.46 bits per heavy atom. The highest BCUT2D eigenvalue weighted by atomic mass is 35.5. The predicted molar refractivity (Wildman–Crippen MR) is 159 cm³/mol. The number of rotatable bonds is 10. The van der Waals surface area contributed by atoms with Gasteiger partial charge in [0.25, 0.3) is 0 Å². The summed E-state index contributed by atoms with van der Waals surface area (Å²) in [5.41, 5.74) is 4.76. The number of hydrogen-bond acceptors (Lipinski definition) is 4. The summed E-state index contributed by atoms with van der Waals surface area (Å²) in [4.78, 5) is 29.0. The molecule has 2 aliphatic carbocycles. The minimum absolute atomic E-state index is 0.0721. The first-order chi connectivity index (χ1) is 18.8. The molecule has 212 valence electrons. The molecule has 0 unspecified atom stereocenters. The highest BCUT2D eigenvalue weighted by Crippen LogP contribution is 2.42. The molecule has 7 heteroatoms. The van der Waals surface area contributed by atoms with E-state index >= 15 is 0 Å². The maximum atomic E-state index is 13.2. The third kappa shape index (κ3) is 6.07. The van der Waals surface area contributed by atoms with E-state index in [0.29, 0.717) is 17.0 Å². The highest BCUT2D eigenvalue weighted by Gasteiger charge is 2.39. The Labute approximate surface area is 238 Å². The van der Waals surface area contributed by atoms with Crippen molar-refractivity contribution in [3.8, 4) is 0 Å². The number of allylic oxidation sites excluding steroid dienone is 1. The van der Waals surface area contributed by atoms with Gasteiger partial charge >= 0.3 is 0 Å². The fourth-order valence-corrected chi connectivity index (χ4v) is 6.88. The zero-order valence-electron chi connectivity index (χ0n) is 24.1. The molecule has 1 aromatic heterocycles. The maximum Gasteiger partial charge on any atom is 0.237 e. The summed E-state index contributed by atoms with van der Waals surface area (Å²) in [6.07, 6.45) is 12.7. The van der Waals surface area contributed by atoms with Crippen LogP contribution in [-0.2, 0) is 11.3 Å². The van der Waals surface area contributed by atoms with E-state index in [0.717, 1.165) is 55.2 Å². The van der Waals surface area contributed by atoms with Gasteiger partial charge in [-0.3, -0.25) is 9.59 Å². The van der Waals surface area contributed by atoms with E-state index in [1.807, 2.05) is 40.0 Å². The van der Waals surface area contributed by atoms with Crippen molar-refractivity contribution in [2.24, 2.45) is 11.8 Å². The van der Waals surface area contributed by atoms with Crippen LogP contribution in [0.25, 0.3) is 10.9 Å². The number of amides is 1. The maximum absolute atomic E-state index is 13.2. The number of hydrogen-bond donors (Lipinski definition) is 2. The summed E-state index contributed by atoms with van der Waals surface area (Å²) in [5.74, 6) is 0.662. The van der Waals surface area contributed by atoms with Gasteiger partial charge in [-0.25, -0.2) is 0 Å². The second-order valence-electron chi connectivity index (χ2n) is 12.2. The van der Waals surface area contributed by atoms with Crippen LogP contribution in [0, 0.1) is 11.8 Å². The Morgan fingerprint density at radius 2 is 1.79 bits per heavy atom. The third-order valence-corrected chi connectivity index (χ3v) is 9.36. The molecule has 1 saturated heterocycles. The molecule has 5 rings (SSSR count). The van der Waals surface area contributed by atoms with Crippen molar-refractivity contribution in [3.63, 3.8) is 0 Å². The van der Waals surface area contributed by atoms with E-state index in [-0.39, 0.29) is 29.7 Å². The molecular formula is C32H45ClN4O2. The lowest BCUT2D eigenvalue weighted by Gasteiger charge is -2.40. The van der Waals surface area contributed by atoms with Crippen LogP contribution in [0.2, 0.25) is 5.02 Å². The number of benzene rings is 1. The van der Waals surface area contributed by atoms with Crippen molar-refractivity contribution in [3.05, 3.63) is 46.3 Å². The second kappa shape index (κ2) is 12.1. The van der Waals surface area contributed by atoms with Crippen LogP contribution >= 0.6 is 11.6 Å². The smallest absolute Gasteiger partial charge is 0.237 e. The summed E-state index contributed by atoms with van der Waals surface area (Å²) in [7, 11) is 1.85. The quantitative estimate of drug-likeness (QED) is 0.338. The Morgan fingerprint density at radius 1 is 1.05 bits per heavy atom. The molecule has 39 heavy (non-hydrogen) atoms. The average molecular weight is 553 g/mol. The van der Waals surface area contributed by atoms with Crippen molar-refractivity contribution in [2.45, 2.75) is 103 Å². The number of nitrogens with one attached hydrogen (secondary N) is 2. The number of fused-ring (bicyclic) bond motifs is 1. The van der Waals surface area contributed by atoms with Crippen LogP contribution in [-0.4, -0.2) is 52.9 Å². The molecule has 0 spiro atoms. The van der Waals surface area contributed by atoms with Crippen molar-refractivity contribution in [1.82, 2.24) is 20.1 Å². The van der Waals surface area contributed by atoms with Gasteiger partial charge in [-0.15, -0.1) is 0 Å². The zero-order valence-corrected chi connectivity index (χ0v) is 24.8. The Kier molecular flexibility index (Phi) is 8.72. The molecule has 3 fully saturated rings. The molecule has 2 heterocycles. The number of ketones is 1. The normalized spacial score (nSPS) is 21.4. The monoisotopic (exact) mass is 552 g/mol. The van der Waals surface area contributed by atoms with E-state index in [1.165, 1.54) is 43.4 Å². The topological polar surface area (TPSA) is 66.4 Å². The molecule has 2 N–H and O–H groups in total. The zero-order chi connectivity index (χ0) is 27.7. The van der Waals surface area contributed by atoms with Crippen molar-refractivity contribution in [1.29, 1.82) is 0 Å². The van der Waals surface area contributed by atoms with E-state index in [2.05, 4.69) is 32.4 Å². The van der Waals surface area contributed by atoms with Gasteiger partial charge in [-0.2, -0.15) is 0 Å². The van der Waals surface area contributed by atoms with Gasteiger partial charge in [0, 0.05) is 58.4 Å². The van der Waals surface area contributed by atoms with Crippen LogP contribution in [0.4, 0.5) is 0 Å². The number of likely N-dealkylation sites (tertiary alicyclic amines) is 1. The standard InChI is InChI=1S/C32H45ClN4O2/c1-20(2)31(38)27-19-36(28-15-14-24(33)17-26(27)28)18-25-11-8-16-37(25)30(23-12-13-23)29(22-9-6-5-7-10-22)35-32(39)21(3)34-4/h14-15,17,19-22,25,29,34H,5-13,16,18H2,1-4H3,(H,35,39)/t21-,25-,29-/m0/s1. The van der Waals surface area contributed by atoms with Crippen molar-refractivity contribution < 1.29 is 9.59 Å². The average Bonchev–Trinajstić information content (AvgIpc) is 3.57. The number of Topliss-reactive ketones (excluding diaryl/α,β-unsaturated/α-hetero) is 1. The summed E-state index contributed by atoms with van der Waals surface area (Å²) >= 11 is 6.37. The molecule has 2 aromatic rings. The number of carbonyl (C=O) groups excluding carboxylic acids is 2. The van der Waals surface area contributed by atoms with Gasteiger partial charge in [0.1, 0.15) is 0 Å². The molecule has 1 amide bonds. The summed E-state index contributed by atoms with van der Waals surface area (Å²) in [5, 5.41) is 8.25. The van der Waals surface area contributed by atoms with Crippen LogP contribution in [0.15, 0.2) is 35.7 Å². The Bertz CT molecular complexity index is 1240. The fraction of sp³-hybridized carbons (Fsp3) is 0.625. The first-order valence-electron chi connectivity index (χ1n) is 15.1. The molecule has 2 saturated carbocycles. The van der Waals surface area contributed by atoms with Crippen molar-refractivity contribution >= 4 is 34.2 Å². The second-order valence-corrected chi connectivity index (χ2v) is 12.7. The summed E-state index contributed by atoms with van der Waals surface area (Å²) in [6, 6.07) is 6.09. The highest BCUT2D eigenvalue weighted by molar-refractivity contribution is 6.31. The molecule has 6 nitrogen and oxygen atoms in total. The van der Waals surface area contributed by atoms with Gasteiger partial charge in [-0.1, -0.05) is 44.7 Å². The number of halogens is 1. The molecule has 1 aliphatic heterocycles. The van der Waals surface area contributed by atoms with E-state index in [4.69, 9.17) is 11.6 Å². The van der Waals surface area contributed by atoms with Gasteiger partial charge in [-0.05, 0) is 82.2 Å². The first-order valence-corrected chi connectivity index (χ1v) is 15.4. The Balaban J connectivity index is 1.47. The van der Waals surface area contributed by atoms with E-state index in [9.17, 15) is 9.59 Å². The number of carbonyl (C=O) groups is 2. The van der Waals surface area contributed by atoms with Crippen LogP contribution in [0.3, 0.4) is 0 Å². The van der Waals surface area contributed by atoms with E-state index < -0.39 is 0 Å².